The van der Waals surface area contributed by atoms with Crippen LogP contribution in [0, 0.1) is 0 Å². The molecule has 1 heterocycles. The van der Waals surface area contributed by atoms with Gasteiger partial charge in [0.25, 0.3) is 5.91 Å². The molecule has 0 unspecified atom stereocenters. The Bertz CT molecular complexity index is 333. The molecular weight excluding hydrogens is 213 g/mol. The SMILES string of the molecule is C=C(Cl)CNC(=O)c1ccoc1Cl. The second-order valence-corrected chi connectivity index (χ2v) is 3.19. The van der Waals surface area contributed by atoms with Gasteiger partial charge in [-0.25, -0.2) is 0 Å². The summed E-state index contributed by atoms with van der Waals surface area (Å²) in [6, 6.07) is 1.48. The second kappa shape index (κ2) is 4.35. The minimum absolute atomic E-state index is 0.0673. The van der Waals surface area contributed by atoms with Gasteiger partial charge >= 0.3 is 0 Å². The van der Waals surface area contributed by atoms with Crippen molar-refractivity contribution in [1.82, 2.24) is 5.32 Å². The first kappa shape index (κ1) is 10.2. The predicted molar refractivity (Wildman–Crippen MR) is 51.0 cm³/mol. The van der Waals surface area contributed by atoms with E-state index in [4.69, 9.17) is 27.6 Å². The molecule has 0 saturated carbocycles. The summed E-state index contributed by atoms with van der Waals surface area (Å²) in [5, 5.41) is 2.93. The van der Waals surface area contributed by atoms with Crippen LogP contribution >= 0.6 is 23.2 Å². The largest absolute Gasteiger partial charge is 0.452 e. The Labute approximate surface area is 85.3 Å². The maximum Gasteiger partial charge on any atom is 0.256 e. The van der Waals surface area contributed by atoms with Gasteiger partial charge in [0.05, 0.1) is 18.4 Å². The zero-order valence-corrected chi connectivity index (χ0v) is 8.15. The van der Waals surface area contributed by atoms with E-state index < -0.39 is 0 Å². The summed E-state index contributed by atoms with van der Waals surface area (Å²) in [6.07, 6.45) is 1.34. The van der Waals surface area contributed by atoms with E-state index in [-0.39, 0.29) is 17.7 Å². The number of amides is 1. The lowest BCUT2D eigenvalue weighted by atomic mass is 10.3. The molecule has 0 aliphatic heterocycles. The number of carbonyl (C=O) groups excluding carboxylic acids is 1. The summed E-state index contributed by atoms with van der Waals surface area (Å²) >= 11 is 11.0. The highest BCUT2D eigenvalue weighted by Crippen LogP contribution is 2.16. The van der Waals surface area contributed by atoms with Crippen molar-refractivity contribution in [1.29, 1.82) is 0 Å². The van der Waals surface area contributed by atoms with E-state index >= 15 is 0 Å². The zero-order chi connectivity index (χ0) is 9.84. The Morgan fingerprint density at radius 2 is 2.38 bits per heavy atom. The van der Waals surface area contributed by atoms with Crippen molar-refractivity contribution in [2.24, 2.45) is 0 Å². The summed E-state index contributed by atoms with van der Waals surface area (Å²) in [7, 11) is 0. The highest BCUT2D eigenvalue weighted by atomic mass is 35.5. The van der Waals surface area contributed by atoms with Crippen LogP contribution in [0.4, 0.5) is 0 Å². The molecule has 1 rings (SSSR count). The lowest BCUT2D eigenvalue weighted by molar-refractivity contribution is 0.0957. The Morgan fingerprint density at radius 3 is 2.85 bits per heavy atom. The fraction of sp³-hybridized carbons (Fsp3) is 0.125. The molecule has 3 nitrogen and oxygen atoms in total. The third kappa shape index (κ3) is 2.79. The highest BCUT2D eigenvalue weighted by Gasteiger charge is 2.11. The van der Waals surface area contributed by atoms with Crippen LogP contribution in [-0.2, 0) is 0 Å². The van der Waals surface area contributed by atoms with Gasteiger partial charge in [0.2, 0.25) is 5.22 Å². The average Bonchev–Trinajstić information content (AvgIpc) is 2.47. The van der Waals surface area contributed by atoms with E-state index in [9.17, 15) is 4.79 Å². The van der Waals surface area contributed by atoms with Gasteiger partial charge < -0.3 is 9.73 Å². The number of nitrogens with one attached hydrogen (secondary N) is 1. The molecule has 1 aromatic heterocycles. The molecule has 1 aromatic rings. The first-order valence-electron chi connectivity index (χ1n) is 3.45. The van der Waals surface area contributed by atoms with Crippen molar-refractivity contribution in [2.75, 3.05) is 6.54 Å². The molecule has 13 heavy (non-hydrogen) atoms. The molecule has 0 atom stereocenters. The van der Waals surface area contributed by atoms with E-state index in [1.807, 2.05) is 0 Å². The Hall–Kier alpha value is -0.930. The summed E-state index contributed by atoms with van der Waals surface area (Å²) < 4.78 is 4.74. The Kier molecular flexibility index (Phi) is 3.39. The van der Waals surface area contributed by atoms with Gasteiger partial charge in [0.15, 0.2) is 0 Å². The van der Waals surface area contributed by atoms with Crippen LogP contribution in [0.2, 0.25) is 5.22 Å². The van der Waals surface area contributed by atoms with Gasteiger partial charge in [-0.2, -0.15) is 0 Å². The standard InChI is InChI=1S/C8H7Cl2NO2/c1-5(9)4-11-8(12)6-2-3-13-7(6)10/h2-3H,1,4H2,(H,11,12). The van der Waals surface area contributed by atoms with E-state index in [2.05, 4.69) is 11.9 Å². The van der Waals surface area contributed by atoms with Gasteiger partial charge in [-0.1, -0.05) is 18.2 Å². The molecule has 0 aromatic carbocycles. The van der Waals surface area contributed by atoms with Crippen LogP contribution in [0.5, 0.6) is 0 Å². The summed E-state index contributed by atoms with van der Waals surface area (Å²) in [5.41, 5.74) is 0.291. The van der Waals surface area contributed by atoms with Crippen molar-refractivity contribution in [3.05, 3.63) is 34.7 Å². The summed E-state index contributed by atoms with van der Waals surface area (Å²) in [6.45, 7) is 3.64. The second-order valence-electron chi connectivity index (χ2n) is 2.31. The fourth-order valence-electron chi connectivity index (χ4n) is 0.727. The topological polar surface area (TPSA) is 42.2 Å². The van der Waals surface area contributed by atoms with Crippen molar-refractivity contribution in [3.63, 3.8) is 0 Å². The van der Waals surface area contributed by atoms with E-state index in [0.717, 1.165) is 0 Å². The van der Waals surface area contributed by atoms with Crippen molar-refractivity contribution >= 4 is 29.1 Å². The molecule has 0 aliphatic carbocycles. The summed E-state index contributed by atoms with van der Waals surface area (Å²) in [5.74, 6) is -0.333. The number of carbonyl (C=O) groups is 1. The minimum atomic E-state index is -0.333. The Morgan fingerprint density at radius 1 is 1.69 bits per heavy atom. The van der Waals surface area contributed by atoms with Gasteiger partial charge in [0.1, 0.15) is 0 Å². The average molecular weight is 220 g/mol. The third-order valence-corrected chi connectivity index (χ3v) is 1.73. The molecular formula is C8H7Cl2NO2. The van der Waals surface area contributed by atoms with Gasteiger partial charge in [-0.15, -0.1) is 0 Å². The number of hydrogen-bond acceptors (Lipinski definition) is 2. The molecule has 0 saturated heterocycles. The number of rotatable bonds is 3. The normalized spacial score (nSPS) is 9.69. The molecule has 0 fully saturated rings. The van der Waals surface area contributed by atoms with Crippen LogP contribution < -0.4 is 5.32 Å². The minimum Gasteiger partial charge on any atom is -0.452 e. The van der Waals surface area contributed by atoms with Crippen molar-refractivity contribution in [3.8, 4) is 0 Å². The zero-order valence-electron chi connectivity index (χ0n) is 6.64. The predicted octanol–water partition coefficient (Wildman–Crippen LogP) is 2.42. The lowest BCUT2D eigenvalue weighted by Crippen LogP contribution is -2.24. The van der Waals surface area contributed by atoms with Crippen molar-refractivity contribution in [2.45, 2.75) is 0 Å². The molecule has 0 bridgehead atoms. The molecule has 1 N–H and O–H groups in total. The van der Waals surface area contributed by atoms with E-state index in [0.29, 0.717) is 10.6 Å². The number of hydrogen-bond donors (Lipinski definition) is 1. The third-order valence-electron chi connectivity index (χ3n) is 1.30. The Balaban J connectivity index is 2.59. The van der Waals surface area contributed by atoms with Crippen LogP contribution in [0.25, 0.3) is 0 Å². The molecule has 0 spiro atoms. The van der Waals surface area contributed by atoms with Gasteiger partial charge in [-0.3, -0.25) is 4.79 Å². The number of halogens is 2. The van der Waals surface area contributed by atoms with E-state index in [1.165, 1.54) is 12.3 Å². The quantitative estimate of drug-likeness (QED) is 0.849. The monoisotopic (exact) mass is 219 g/mol. The highest BCUT2D eigenvalue weighted by molar-refractivity contribution is 6.32. The fourth-order valence-corrected chi connectivity index (χ4v) is 0.994. The maximum absolute atomic E-state index is 11.3. The van der Waals surface area contributed by atoms with Crippen molar-refractivity contribution < 1.29 is 9.21 Å². The van der Waals surface area contributed by atoms with E-state index in [1.54, 1.807) is 0 Å². The first-order valence-corrected chi connectivity index (χ1v) is 4.21. The number of furan rings is 1. The van der Waals surface area contributed by atoms with Gasteiger partial charge in [-0.05, 0) is 17.7 Å². The molecule has 70 valence electrons. The molecule has 0 radical (unpaired) electrons. The molecule has 0 aliphatic rings. The maximum atomic E-state index is 11.3. The van der Waals surface area contributed by atoms with Crippen LogP contribution in [0.3, 0.4) is 0 Å². The lowest BCUT2D eigenvalue weighted by Gasteiger charge is -2.00. The van der Waals surface area contributed by atoms with Gasteiger partial charge in [0, 0.05) is 5.03 Å². The van der Waals surface area contributed by atoms with Crippen LogP contribution in [-0.4, -0.2) is 12.5 Å². The molecule has 1 amide bonds. The smallest absolute Gasteiger partial charge is 0.256 e. The summed E-state index contributed by atoms with van der Waals surface area (Å²) in [4.78, 5) is 11.3. The van der Waals surface area contributed by atoms with Crippen LogP contribution in [0.15, 0.2) is 28.4 Å². The van der Waals surface area contributed by atoms with Crippen LogP contribution in [0.1, 0.15) is 10.4 Å². The first-order chi connectivity index (χ1) is 6.11. The molecule has 5 heteroatoms.